The van der Waals surface area contributed by atoms with Crippen LogP contribution in [0.4, 0.5) is 11.4 Å². The molecule has 2 aromatic heterocycles. The summed E-state index contributed by atoms with van der Waals surface area (Å²) < 4.78 is 4.39. The van der Waals surface area contributed by atoms with Gasteiger partial charge in [-0.25, -0.2) is 9.13 Å². The number of anilines is 2. The monoisotopic (exact) mass is 554 g/mol. The molecular formula is C36H38N6+2. The summed E-state index contributed by atoms with van der Waals surface area (Å²) in [5.74, 6) is 0. The lowest BCUT2D eigenvalue weighted by atomic mass is 10.1. The Labute approximate surface area is 249 Å². The molecule has 2 heterocycles. The van der Waals surface area contributed by atoms with E-state index in [-0.39, 0.29) is 0 Å². The molecule has 5 rings (SSSR count). The van der Waals surface area contributed by atoms with Crippen molar-refractivity contribution in [2.24, 2.45) is 10.2 Å². The van der Waals surface area contributed by atoms with E-state index >= 15 is 0 Å². The molecule has 0 N–H and O–H groups in total. The number of hydrogen-bond donors (Lipinski definition) is 0. The van der Waals surface area contributed by atoms with Crippen LogP contribution >= 0.6 is 0 Å². The largest absolute Gasteiger partial charge is 0.268 e. The predicted molar refractivity (Wildman–Crippen MR) is 172 cm³/mol. The average Bonchev–Trinajstić information content (AvgIpc) is 3.03. The minimum absolute atomic E-state index is 0.818. The molecule has 210 valence electrons. The van der Waals surface area contributed by atoms with Crippen LogP contribution in [0.3, 0.4) is 0 Å². The first-order chi connectivity index (χ1) is 20.4. The van der Waals surface area contributed by atoms with E-state index in [0.29, 0.717) is 0 Å². The Hall–Kier alpha value is -5.10. The molecule has 6 heteroatoms. The minimum Gasteiger partial charge on any atom is -0.268 e. The second-order valence-corrected chi connectivity index (χ2v) is 10.4. The van der Waals surface area contributed by atoms with Gasteiger partial charge in [-0.15, -0.1) is 0 Å². The van der Waals surface area contributed by atoms with Crippen LogP contribution in [0.25, 0.3) is 0 Å². The molecule has 42 heavy (non-hydrogen) atoms. The third-order valence-electron chi connectivity index (χ3n) is 7.23. The van der Waals surface area contributed by atoms with Gasteiger partial charge in [-0.1, -0.05) is 60.7 Å². The maximum Gasteiger partial charge on any atom is 0.173 e. The van der Waals surface area contributed by atoms with Crippen molar-refractivity contribution in [1.82, 2.24) is 0 Å². The zero-order valence-electron chi connectivity index (χ0n) is 24.8. The van der Waals surface area contributed by atoms with Gasteiger partial charge in [-0.2, -0.15) is 10.2 Å². The van der Waals surface area contributed by atoms with Crippen molar-refractivity contribution in [3.63, 3.8) is 0 Å². The first-order valence-electron chi connectivity index (χ1n) is 14.2. The van der Waals surface area contributed by atoms with E-state index in [1.54, 1.807) is 0 Å². The van der Waals surface area contributed by atoms with E-state index in [1.165, 1.54) is 11.1 Å². The van der Waals surface area contributed by atoms with Crippen molar-refractivity contribution in [3.05, 3.63) is 156 Å². The third-order valence-corrected chi connectivity index (χ3v) is 7.23. The number of aromatic nitrogens is 2. The second-order valence-electron chi connectivity index (χ2n) is 10.4. The summed E-state index contributed by atoms with van der Waals surface area (Å²) in [6.07, 6.45) is 8.46. The summed E-state index contributed by atoms with van der Waals surface area (Å²) in [4.78, 5) is 0. The molecule has 0 bridgehead atoms. The third kappa shape index (κ3) is 7.55. The summed E-state index contributed by atoms with van der Waals surface area (Å²) in [5.41, 5.74) is 8.83. The lowest BCUT2D eigenvalue weighted by Gasteiger charge is -2.14. The van der Waals surface area contributed by atoms with E-state index in [0.717, 1.165) is 47.0 Å². The first kappa shape index (κ1) is 28.4. The fraction of sp³-hybridized carbons (Fsp3) is 0.167. The second kappa shape index (κ2) is 13.5. The van der Waals surface area contributed by atoms with E-state index in [1.807, 2.05) is 74.4 Å². The van der Waals surface area contributed by atoms with Gasteiger partial charge >= 0.3 is 0 Å². The number of pyridine rings is 2. The van der Waals surface area contributed by atoms with Crippen LogP contribution in [-0.2, 0) is 13.1 Å². The Balaban J connectivity index is 1.16. The highest BCUT2D eigenvalue weighted by atomic mass is 15.4. The minimum atomic E-state index is 0.818. The van der Waals surface area contributed by atoms with E-state index in [4.69, 9.17) is 10.2 Å². The van der Waals surface area contributed by atoms with Crippen molar-refractivity contribution < 1.29 is 9.13 Å². The molecule has 0 radical (unpaired) electrons. The molecule has 0 saturated heterocycles. The molecule has 6 nitrogen and oxygen atoms in total. The maximum atomic E-state index is 4.74. The molecule has 0 fully saturated rings. The Morgan fingerprint density at radius 3 is 1.17 bits per heavy atom. The number of nitrogens with zero attached hydrogens (tertiary/aromatic N) is 6. The summed E-state index contributed by atoms with van der Waals surface area (Å²) in [7, 11) is 3.95. The van der Waals surface area contributed by atoms with E-state index in [9.17, 15) is 0 Å². The summed E-state index contributed by atoms with van der Waals surface area (Å²) in [6, 6.07) is 37.7. The van der Waals surface area contributed by atoms with Gasteiger partial charge in [0.15, 0.2) is 37.9 Å². The first-order valence-corrected chi connectivity index (χ1v) is 14.2. The van der Waals surface area contributed by atoms with Gasteiger partial charge in [0.2, 0.25) is 0 Å². The fourth-order valence-electron chi connectivity index (χ4n) is 4.75. The molecular weight excluding hydrogens is 516 g/mol. The molecule has 0 atom stereocenters. The SMILES string of the molecule is C/C(=N\N(C)c1ccccc1)c1cc[n+](Cc2ccc(C[n+]3ccc(/C(C)=N/N(C)c4ccccc4)cc3)cc2)cc1. The average molecular weight is 555 g/mol. The van der Waals surface area contributed by atoms with Gasteiger partial charge in [0.05, 0.1) is 22.8 Å². The van der Waals surface area contributed by atoms with Crippen LogP contribution in [0.15, 0.2) is 144 Å². The van der Waals surface area contributed by atoms with Gasteiger partial charge in [-0.3, -0.25) is 10.0 Å². The summed E-state index contributed by atoms with van der Waals surface area (Å²) in [5, 5.41) is 13.3. The van der Waals surface area contributed by atoms with Crippen molar-refractivity contribution in [3.8, 4) is 0 Å². The van der Waals surface area contributed by atoms with Gasteiger partial charge in [-0.05, 0) is 38.1 Å². The number of hydrazone groups is 2. The zero-order valence-corrected chi connectivity index (χ0v) is 24.8. The molecule has 5 aromatic rings. The van der Waals surface area contributed by atoms with Crippen LogP contribution in [0.5, 0.6) is 0 Å². The highest BCUT2D eigenvalue weighted by molar-refractivity contribution is 5.99. The molecule has 0 saturated carbocycles. The smallest absolute Gasteiger partial charge is 0.173 e. The topological polar surface area (TPSA) is 39.0 Å². The van der Waals surface area contributed by atoms with Crippen molar-refractivity contribution in [1.29, 1.82) is 0 Å². The lowest BCUT2D eigenvalue weighted by molar-refractivity contribution is -0.689. The molecule has 3 aromatic carbocycles. The molecule has 0 aliphatic rings. The Kier molecular flexibility index (Phi) is 9.14. The molecule has 0 aliphatic heterocycles. The van der Waals surface area contributed by atoms with Crippen molar-refractivity contribution in [2.75, 3.05) is 24.1 Å². The molecule has 0 aliphatic carbocycles. The van der Waals surface area contributed by atoms with E-state index in [2.05, 4.69) is 107 Å². The highest BCUT2D eigenvalue weighted by Gasteiger charge is 2.09. The van der Waals surface area contributed by atoms with Gasteiger partial charge in [0, 0.05) is 60.6 Å². The normalized spacial score (nSPS) is 11.8. The summed E-state index contributed by atoms with van der Waals surface area (Å²) >= 11 is 0. The van der Waals surface area contributed by atoms with Crippen LogP contribution < -0.4 is 19.2 Å². The summed E-state index contributed by atoms with van der Waals surface area (Å²) in [6.45, 7) is 5.72. The van der Waals surface area contributed by atoms with Crippen LogP contribution in [0.2, 0.25) is 0 Å². The predicted octanol–water partition coefficient (Wildman–Crippen LogP) is 6.08. The molecule has 0 unspecified atom stereocenters. The number of hydrogen-bond acceptors (Lipinski definition) is 4. The van der Waals surface area contributed by atoms with Gasteiger partial charge in [0.25, 0.3) is 0 Å². The Morgan fingerprint density at radius 1 is 0.500 bits per heavy atom. The maximum absolute atomic E-state index is 4.74. The van der Waals surface area contributed by atoms with Crippen molar-refractivity contribution in [2.45, 2.75) is 26.9 Å². The van der Waals surface area contributed by atoms with Crippen molar-refractivity contribution >= 4 is 22.8 Å². The van der Waals surface area contributed by atoms with Crippen LogP contribution in [0.1, 0.15) is 36.1 Å². The number of para-hydroxylation sites is 2. The standard InChI is InChI=1S/C36H38N6/c1-29(37-39(3)35-11-7-5-8-12-35)33-19-23-41(24-20-33)27-31-15-17-32(18-16-31)28-42-25-21-34(22-26-42)30(2)38-40(4)36-13-9-6-10-14-36/h5-26H,27-28H2,1-4H3/q+2. The van der Waals surface area contributed by atoms with Gasteiger partial charge in [0.1, 0.15) is 0 Å². The number of rotatable bonds is 10. The van der Waals surface area contributed by atoms with Gasteiger partial charge < -0.3 is 0 Å². The quantitative estimate of drug-likeness (QED) is 0.119. The van der Waals surface area contributed by atoms with Crippen LogP contribution in [0, 0.1) is 0 Å². The lowest BCUT2D eigenvalue weighted by Crippen LogP contribution is -2.34. The highest BCUT2D eigenvalue weighted by Crippen LogP contribution is 2.14. The fourth-order valence-corrected chi connectivity index (χ4v) is 4.75. The van der Waals surface area contributed by atoms with E-state index < -0.39 is 0 Å². The number of benzene rings is 3. The molecule has 0 amide bonds. The Morgan fingerprint density at radius 2 is 0.833 bits per heavy atom. The van der Waals surface area contributed by atoms with Crippen LogP contribution in [-0.4, -0.2) is 25.5 Å². The Bertz CT molecular complexity index is 1500. The zero-order chi connectivity index (χ0) is 29.3. The molecule has 0 spiro atoms.